The summed E-state index contributed by atoms with van der Waals surface area (Å²) in [5.41, 5.74) is 7.41. The summed E-state index contributed by atoms with van der Waals surface area (Å²) in [6.07, 6.45) is 0. The van der Waals surface area contributed by atoms with Gasteiger partial charge in [-0.05, 0) is 56.3 Å². The molecule has 0 N–H and O–H groups in total. The maximum atomic E-state index is 6.40. The highest BCUT2D eigenvalue weighted by Gasteiger charge is 2.15. The second-order valence-electron chi connectivity index (χ2n) is 9.29. The number of hydrogen-bond donors (Lipinski definition) is 0. The second-order valence-corrected chi connectivity index (χ2v) is 9.69. The quantitative estimate of drug-likeness (QED) is 0.424. The molecule has 1 radical (unpaired) electrons. The lowest BCUT2D eigenvalue weighted by molar-refractivity contribution is 0.590. The Morgan fingerprint density at radius 3 is 1.48 bits per heavy atom. The van der Waals surface area contributed by atoms with Gasteiger partial charge in [-0.2, -0.15) is 0 Å². The predicted molar refractivity (Wildman–Crippen MR) is 119 cm³/mol. The van der Waals surface area contributed by atoms with Crippen LogP contribution >= 0.6 is 11.6 Å². The molecule has 3 aromatic carbocycles. The molecule has 0 aliphatic rings. The van der Waals surface area contributed by atoms with E-state index >= 15 is 0 Å². The van der Waals surface area contributed by atoms with Crippen LogP contribution in [0.3, 0.4) is 0 Å². The highest BCUT2D eigenvalue weighted by Crippen LogP contribution is 2.32. The molecular formula is C26H28Cl. The third kappa shape index (κ3) is 4.62. The summed E-state index contributed by atoms with van der Waals surface area (Å²) < 4.78 is 0. The van der Waals surface area contributed by atoms with Crippen LogP contribution in [-0.2, 0) is 10.8 Å². The minimum atomic E-state index is 0.149. The average molecular weight is 376 g/mol. The fraction of sp³-hybridized carbons (Fsp3) is 0.308. The highest BCUT2D eigenvalue weighted by atomic mass is 35.5. The van der Waals surface area contributed by atoms with Crippen LogP contribution in [0.25, 0.3) is 22.3 Å². The van der Waals surface area contributed by atoms with Crippen molar-refractivity contribution in [2.45, 2.75) is 52.4 Å². The van der Waals surface area contributed by atoms with Gasteiger partial charge in [-0.1, -0.05) is 102 Å². The van der Waals surface area contributed by atoms with Gasteiger partial charge in [0.25, 0.3) is 0 Å². The lowest BCUT2D eigenvalue weighted by Gasteiger charge is -2.19. The molecule has 27 heavy (non-hydrogen) atoms. The summed E-state index contributed by atoms with van der Waals surface area (Å²) in [7, 11) is 0. The van der Waals surface area contributed by atoms with Gasteiger partial charge in [0.2, 0.25) is 0 Å². The van der Waals surface area contributed by atoms with E-state index in [-0.39, 0.29) is 10.8 Å². The van der Waals surface area contributed by atoms with Gasteiger partial charge >= 0.3 is 0 Å². The maximum Gasteiger partial charge on any atom is 0.0497 e. The average Bonchev–Trinajstić information content (AvgIpc) is 2.60. The van der Waals surface area contributed by atoms with Crippen molar-refractivity contribution >= 4 is 11.6 Å². The molecule has 0 aromatic heterocycles. The van der Waals surface area contributed by atoms with Gasteiger partial charge in [-0.15, -0.1) is 0 Å². The lowest BCUT2D eigenvalue weighted by atomic mass is 9.85. The largest absolute Gasteiger partial charge is 0.0836 e. The molecule has 0 saturated heterocycles. The Kier molecular flexibility index (Phi) is 5.23. The van der Waals surface area contributed by atoms with Gasteiger partial charge in [-0.3, -0.25) is 0 Å². The lowest BCUT2D eigenvalue weighted by Crippen LogP contribution is -2.10. The summed E-state index contributed by atoms with van der Waals surface area (Å²) in [6, 6.07) is 24.9. The topological polar surface area (TPSA) is 0 Å². The van der Waals surface area contributed by atoms with Crippen molar-refractivity contribution in [1.29, 1.82) is 0 Å². The van der Waals surface area contributed by atoms with Crippen molar-refractivity contribution in [3.63, 3.8) is 0 Å². The first-order valence-corrected chi connectivity index (χ1v) is 9.86. The van der Waals surface area contributed by atoms with Crippen LogP contribution in [0.1, 0.15) is 52.7 Å². The van der Waals surface area contributed by atoms with E-state index in [1.165, 1.54) is 16.7 Å². The first-order chi connectivity index (χ1) is 12.5. The Hall–Kier alpha value is -2.05. The molecule has 3 rings (SSSR count). The maximum absolute atomic E-state index is 6.40. The van der Waals surface area contributed by atoms with E-state index in [4.69, 9.17) is 11.6 Å². The summed E-state index contributed by atoms with van der Waals surface area (Å²) in [5.74, 6) is 0. The van der Waals surface area contributed by atoms with Crippen molar-refractivity contribution < 1.29 is 0 Å². The molecule has 1 heteroatoms. The monoisotopic (exact) mass is 375 g/mol. The summed E-state index contributed by atoms with van der Waals surface area (Å²) in [6.45, 7) is 13.4. The van der Waals surface area contributed by atoms with E-state index in [9.17, 15) is 0 Å². The molecule has 0 heterocycles. The Morgan fingerprint density at radius 1 is 0.593 bits per heavy atom. The van der Waals surface area contributed by atoms with E-state index in [0.29, 0.717) is 5.02 Å². The number of halogens is 1. The standard InChI is InChI=1S/C26H28Cl/c1-25(2,3)22-11-7-18(8-12-22)20-15-21(17-24(27)16-20)19-9-13-23(14-10-19)26(4,5)6/h7-16H,1-6H3. The smallest absolute Gasteiger partial charge is 0.0497 e. The van der Waals surface area contributed by atoms with Crippen molar-refractivity contribution in [1.82, 2.24) is 0 Å². The molecule has 0 amide bonds. The van der Waals surface area contributed by atoms with Crippen LogP contribution in [0.15, 0.2) is 60.7 Å². The van der Waals surface area contributed by atoms with Gasteiger partial charge < -0.3 is 0 Å². The van der Waals surface area contributed by atoms with Crippen molar-refractivity contribution in [2.24, 2.45) is 0 Å². The minimum absolute atomic E-state index is 0.149. The first kappa shape index (κ1) is 19.7. The molecule has 3 aromatic rings. The number of benzene rings is 3. The van der Waals surface area contributed by atoms with Crippen LogP contribution in [0.4, 0.5) is 0 Å². The Balaban J connectivity index is 1.97. The summed E-state index contributed by atoms with van der Waals surface area (Å²) >= 11 is 6.40. The van der Waals surface area contributed by atoms with E-state index in [1.807, 2.05) is 6.07 Å². The molecule has 0 spiro atoms. The van der Waals surface area contributed by atoms with Gasteiger partial charge in [0.1, 0.15) is 0 Å². The summed E-state index contributed by atoms with van der Waals surface area (Å²) in [4.78, 5) is 0. The minimum Gasteiger partial charge on any atom is -0.0836 e. The van der Waals surface area contributed by atoms with Crippen LogP contribution in [-0.4, -0.2) is 0 Å². The summed E-state index contributed by atoms with van der Waals surface area (Å²) in [5, 5.41) is 0.641. The zero-order valence-corrected chi connectivity index (χ0v) is 17.9. The molecule has 0 saturated carbocycles. The third-order valence-corrected chi connectivity index (χ3v) is 5.19. The number of rotatable bonds is 2. The molecule has 0 bridgehead atoms. The molecule has 0 atom stereocenters. The van der Waals surface area contributed by atoms with E-state index < -0.39 is 0 Å². The molecule has 139 valence electrons. The van der Waals surface area contributed by atoms with Crippen LogP contribution in [0.2, 0.25) is 5.02 Å². The molecule has 0 aliphatic heterocycles. The van der Waals surface area contributed by atoms with Gasteiger partial charge in [-0.25, -0.2) is 0 Å². The third-order valence-electron chi connectivity index (χ3n) is 4.98. The Labute approximate surface area is 169 Å². The van der Waals surface area contributed by atoms with Gasteiger partial charge in [0, 0.05) is 11.1 Å². The number of hydrogen-bond acceptors (Lipinski definition) is 0. The van der Waals surface area contributed by atoms with E-state index in [2.05, 4.69) is 102 Å². The fourth-order valence-corrected chi connectivity index (χ4v) is 3.39. The van der Waals surface area contributed by atoms with E-state index in [0.717, 1.165) is 16.7 Å². The van der Waals surface area contributed by atoms with Crippen LogP contribution < -0.4 is 0 Å². The Bertz CT molecular complexity index is 842. The Morgan fingerprint density at radius 2 is 1.04 bits per heavy atom. The highest BCUT2D eigenvalue weighted by molar-refractivity contribution is 6.31. The zero-order chi connectivity index (χ0) is 19.8. The predicted octanol–water partition coefficient (Wildman–Crippen LogP) is 8.07. The van der Waals surface area contributed by atoms with Crippen molar-refractivity contribution in [3.05, 3.63) is 82.9 Å². The van der Waals surface area contributed by atoms with Crippen LogP contribution in [0, 0.1) is 6.07 Å². The first-order valence-electron chi connectivity index (χ1n) is 9.49. The van der Waals surface area contributed by atoms with Crippen LogP contribution in [0.5, 0.6) is 0 Å². The molecule has 0 nitrogen and oxygen atoms in total. The fourth-order valence-electron chi connectivity index (χ4n) is 3.17. The zero-order valence-electron chi connectivity index (χ0n) is 17.2. The second kappa shape index (κ2) is 7.17. The van der Waals surface area contributed by atoms with Crippen molar-refractivity contribution in [2.75, 3.05) is 0 Å². The van der Waals surface area contributed by atoms with E-state index in [1.54, 1.807) is 0 Å². The van der Waals surface area contributed by atoms with Gasteiger partial charge in [0.15, 0.2) is 0 Å². The normalized spacial score (nSPS) is 12.3. The molecule has 0 fully saturated rings. The van der Waals surface area contributed by atoms with Gasteiger partial charge in [0.05, 0.1) is 0 Å². The molecular weight excluding hydrogens is 348 g/mol. The molecule has 0 unspecified atom stereocenters. The SMILES string of the molecule is CC(C)(C)c1ccc(-c2[c]c(Cl)cc(-c3ccc(C(C)(C)C)cc3)c2)cc1. The van der Waals surface area contributed by atoms with Crippen molar-refractivity contribution in [3.8, 4) is 22.3 Å². The molecule has 0 aliphatic carbocycles.